The molecule has 0 saturated heterocycles. The van der Waals surface area contributed by atoms with Crippen LogP contribution < -0.4 is 0 Å². The number of hydrogen-bond donors (Lipinski definition) is 0. The van der Waals surface area contributed by atoms with Crippen LogP contribution in [0.3, 0.4) is 0 Å². The molecule has 0 saturated carbocycles. The molecule has 4 atom stereocenters. The van der Waals surface area contributed by atoms with Crippen LogP contribution in [0.2, 0.25) is 0 Å². The van der Waals surface area contributed by atoms with Gasteiger partial charge in [0.15, 0.2) is 0 Å². The third-order valence-electron chi connectivity index (χ3n) is 20.9. The lowest BCUT2D eigenvalue weighted by Gasteiger charge is -2.53. The SMILES string of the molecule is CCC[C@]12c3ccccc3[C@]3(CCC)c4cc5c6cccc7c8cccc9c%10cccc%11c%12cccc%13c%14ccc%15c%16c(c4[C@](CCC)(c4c-%15cccc41)[C@]23C)c5c1c(c76)c(c98)c(c%10%11)c(c%12%13)c1c%14%16. The average Bonchev–Trinajstić information content (AvgIpc) is 3.74. The summed E-state index contributed by atoms with van der Waals surface area (Å²) < 4.78 is 0. The molecule has 15 aromatic rings. The maximum Gasteiger partial charge on any atom is 0.0298 e. The molecule has 0 fully saturated rings. The first-order valence-corrected chi connectivity index (χ1v) is 26.0. The Labute approximate surface area is 393 Å². The Morgan fingerprint density at radius 3 is 1.18 bits per heavy atom. The standard InChI is InChI=1S/C68H46/c1-5-29-66-45-24-8-9-25-46(45)67(30-6-2)48-32-44-40-22-13-20-38-37-18-11-16-34-33-15-10-17-35-36-19-12-21-39-41-27-28-42-43-23-14-26-47(66)63(43)68(31-7-3,65(66,67)4)64(48)62-54(42)53(41)60-58(51(36)39)56(49(33)35)57(50(34)37)59(52(38)40)61(60)55(44)62/h8-28,32H,5-7,29-31H2,1-4H3/t65-,66+,67-,68+/m1/s1. The highest BCUT2D eigenvalue weighted by atomic mass is 14.8. The van der Waals surface area contributed by atoms with Crippen LogP contribution in [-0.2, 0) is 16.2 Å². The quantitative estimate of drug-likeness (QED) is 0.115. The van der Waals surface area contributed by atoms with Gasteiger partial charge in [-0.15, -0.1) is 0 Å². The molecule has 0 heterocycles. The molecule has 0 amide bonds. The molecule has 0 bridgehead atoms. The Hall–Kier alpha value is -7.02. The van der Waals surface area contributed by atoms with Crippen LogP contribution in [0, 0.1) is 5.41 Å². The first-order valence-electron chi connectivity index (χ1n) is 26.0. The molecular formula is C68H46. The molecule has 0 unspecified atom stereocenters. The number of hydrogen-bond acceptors (Lipinski definition) is 0. The van der Waals surface area contributed by atoms with Crippen molar-refractivity contribution in [3.63, 3.8) is 0 Å². The lowest BCUT2D eigenvalue weighted by Crippen LogP contribution is -2.54. The van der Waals surface area contributed by atoms with Crippen molar-refractivity contribution in [3.05, 3.63) is 167 Å². The second-order valence-corrected chi connectivity index (χ2v) is 22.5. The third kappa shape index (κ3) is 2.89. The largest absolute Gasteiger partial charge is 0.0653 e. The lowest BCUT2D eigenvalue weighted by atomic mass is 9.48. The Kier molecular flexibility index (Phi) is 5.43. The van der Waals surface area contributed by atoms with E-state index in [0.29, 0.717) is 0 Å². The lowest BCUT2D eigenvalue weighted by molar-refractivity contribution is 0.0546. The fourth-order valence-electron chi connectivity index (χ4n) is 19.7. The highest BCUT2D eigenvalue weighted by Gasteiger charge is 2.83. The van der Waals surface area contributed by atoms with Gasteiger partial charge in [-0.2, -0.15) is 0 Å². The van der Waals surface area contributed by atoms with Crippen LogP contribution in [0.15, 0.2) is 133 Å². The minimum atomic E-state index is -0.199. The number of benzene rings is 15. The average molecular weight is 863 g/mol. The Balaban J connectivity index is 1.23. The zero-order valence-corrected chi connectivity index (χ0v) is 38.9. The van der Waals surface area contributed by atoms with Crippen molar-refractivity contribution >= 4 is 129 Å². The summed E-state index contributed by atoms with van der Waals surface area (Å²) in [7, 11) is 0. The normalized spacial score (nSPS) is 23.6. The number of fused-ring (bicyclic) bond motifs is 11. The van der Waals surface area contributed by atoms with Crippen LogP contribution >= 0.6 is 0 Å². The topological polar surface area (TPSA) is 0 Å². The minimum Gasteiger partial charge on any atom is -0.0653 e. The van der Waals surface area contributed by atoms with Crippen LogP contribution in [0.5, 0.6) is 0 Å². The number of rotatable bonds is 6. The van der Waals surface area contributed by atoms with E-state index < -0.39 is 0 Å². The highest BCUT2D eigenvalue weighted by Crippen LogP contribution is 2.87. The summed E-state index contributed by atoms with van der Waals surface area (Å²) in [4.78, 5) is 0. The van der Waals surface area contributed by atoms with Crippen molar-refractivity contribution in [1.29, 1.82) is 0 Å². The van der Waals surface area contributed by atoms with Gasteiger partial charge in [0, 0.05) is 21.7 Å². The van der Waals surface area contributed by atoms with E-state index in [9.17, 15) is 0 Å². The van der Waals surface area contributed by atoms with Gasteiger partial charge in [0.1, 0.15) is 0 Å². The molecule has 0 spiro atoms. The van der Waals surface area contributed by atoms with Gasteiger partial charge in [0.05, 0.1) is 0 Å². The van der Waals surface area contributed by atoms with E-state index in [1.165, 1.54) is 135 Å². The minimum absolute atomic E-state index is 0.126. The van der Waals surface area contributed by atoms with Gasteiger partial charge in [0.25, 0.3) is 0 Å². The second kappa shape index (κ2) is 10.5. The predicted molar refractivity (Wildman–Crippen MR) is 291 cm³/mol. The summed E-state index contributed by atoms with van der Waals surface area (Å²) in [6.45, 7) is 10.3. The molecule has 0 aromatic heterocycles. The molecule has 0 nitrogen and oxygen atoms in total. The third-order valence-corrected chi connectivity index (χ3v) is 20.9. The maximum atomic E-state index is 2.88. The molecule has 318 valence electrons. The molecule has 4 aliphatic rings. The molecule has 0 heteroatoms. The fraction of sp³-hybridized carbons (Fsp3) is 0.206. The van der Waals surface area contributed by atoms with Crippen molar-refractivity contribution in [3.8, 4) is 11.1 Å². The Bertz CT molecular complexity index is 4830. The van der Waals surface area contributed by atoms with Gasteiger partial charge in [-0.3, -0.25) is 0 Å². The van der Waals surface area contributed by atoms with Gasteiger partial charge < -0.3 is 0 Å². The molecule has 15 aromatic carbocycles. The second-order valence-electron chi connectivity index (χ2n) is 22.5. The Morgan fingerprint density at radius 2 is 0.676 bits per heavy atom. The fourth-order valence-corrected chi connectivity index (χ4v) is 19.7. The highest BCUT2D eigenvalue weighted by molar-refractivity contribution is 6.61. The molecule has 19 rings (SSSR count). The van der Waals surface area contributed by atoms with Gasteiger partial charge in [0.2, 0.25) is 0 Å². The van der Waals surface area contributed by atoms with Gasteiger partial charge >= 0.3 is 0 Å². The van der Waals surface area contributed by atoms with Crippen molar-refractivity contribution in [2.75, 3.05) is 0 Å². The molecule has 0 N–H and O–H groups in total. The van der Waals surface area contributed by atoms with Crippen LogP contribution in [-0.4, -0.2) is 0 Å². The van der Waals surface area contributed by atoms with E-state index in [0.717, 1.165) is 38.5 Å². The summed E-state index contributed by atoms with van der Waals surface area (Å²) in [6.07, 6.45) is 6.87. The zero-order valence-electron chi connectivity index (χ0n) is 38.9. The zero-order chi connectivity index (χ0) is 44.3. The van der Waals surface area contributed by atoms with Crippen LogP contribution in [0.4, 0.5) is 0 Å². The molecule has 68 heavy (non-hydrogen) atoms. The van der Waals surface area contributed by atoms with Gasteiger partial charge in [-0.1, -0.05) is 174 Å². The molecule has 0 aliphatic heterocycles. The summed E-state index contributed by atoms with van der Waals surface area (Å²) in [6, 6.07) is 54.8. The van der Waals surface area contributed by atoms with Gasteiger partial charge in [-0.25, -0.2) is 0 Å². The predicted octanol–water partition coefficient (Wildman–Crippen LogP) is 18.7. The molecule has 4 aliphatic carbocycles. The van der Waals surface area contributed by atoms with E-state index in [1.807, 2.05) is 0 Å². The monoisotopic (exact) mass is 862 g/mol. The Morgan fingerprint density at radius 1 is 0.279 bits per heavy atom. The molecule has 0 radical (unpaired) electrons. The van der Waals surface area contributed by atoms with Crippen molar-refractivity contribution in [1.82, 2.24) is 0 Å². The first kappa shape index (κ1) is 35.2. The van der Waals surface area contributed by atoms with Crippen LogP contribution in [0.1, 0.15) is 99.6 Å². The van der Waals surface area contributed by atoms with Crippen molar-refractivity contribution in [2.45, 2.75) is 82.5 Å². The summed E-state index contributed by atoms with van der Waals surface area (Å²) in [5.41, 5.74) is 12.2. The van der Waals surface area contributed by atoms with Crippen molar-refractivity contribution in [2.24, 2.45) is 5.41 Å². The van der Waals surface area contributed by atoms with E-state index in [-0.39, 0.29) is 21.7 Å². The van der Waals surface area contributed by atoms with E-state index in [1.54, 1.807) is 38.8 Å². The maximum absolute atomic E-state index is 2.88. The van der Waals surface area contributed by atoms with E-state index in [2.05, 4.69) is 161 Å². The van der Waals surface area contributed by atoms with E-state index >= 15 is 0 Å². The van der Waals surface area contributed by atoms with Crippen molar-refractivity contribution < 1.29 is 0 Å². The first-order chi connectivity index (χ1) is 33.5. The molecular weight excluding hydrogens is 817 g/mol. The summed E-state index contributed by atoms with van der Waals surface area (Å²) in [5.74, 6) is 0. The van der Waals surface area contributed by atoms with E-state index in [4.69, 9.17) is 0 Å². The summed E-state index contributed by atoms with van der Waals surface area (Å²) in [5, 5.41) is 35.1. The van der Waals surface area contributed by atoms with Gasteiger partial charge in [-0.05, 0) is 199 Å². The summed E-state index contributed by atoms with van der Waals surface area (Å²) >= 11 is 0. The smallest absolute Gasteiger partial charge is 0.0298 e. The van der Waals surface area contributed by atoms with Crippen LogP contribution in [0.25, 0.3) is 140 Å².